The van der Waals surface area contributed by atoms with Crippen molar-refractivity contribution in [2.24, 2.45) is 0 Å². The van der Waals surface area contributed by atoms with E-state index in [4.69, 9.17) is 5.11 Å². The molecule has 0 heterocycles. The summed E-state index contributed by atoms with van der Waals surface area (Å²) in [5, 5.41) is 10.8. The van der Waals surface area contributed by atoms with Crippen molar-refractivity contribution in [1.29, 1.82) is 0 Å². The van der Waals surface area contributed by atoms with Gasteiger partial charge < -0.3 is 15.2 Å². The molecule has 5 heteroatoms. The maximum Gasteiger partial charge on any atom is 0.336 e. The number of carbonyl (C=O) groups excluding carboxylic acids is 2. The van der Waals surface area contributed by atoms with Gasteiger partial charge in [-0.25, -0.2) is 4.79 Å². The lowest BCUT2D eigenvalue weighted by Gasteiger charge is -2.05. The second kappa shape index (κ2) is 5.31. The van der Waals surface area contributed by atoms with E-state index in [1.165, 1.54) is 6.92 Å². The van der Waals surface area contributed by atoms with Gasteiger partial charge in [0.15, 0.2) is 6.73 Å². The highest BCUT2D eigenvalue weighted by atomic mass is 16.6. The summed E-state index contributed by atoms with van der Waals surface area (Å²) in [5.74, 6) is -1.22. The van der Waals surface area contributed by atoms with Crippen LogP contribution in [0.15, 0.2) is 12.7 Å². The van der Waals surface area contributed by atoms with Crippen molar-refractivity contribution < 1.29 is 19.4 Å². The normalized spacial score (nSPS) is 11.5. The van der Waals surface area contributed by atoms with Crippen LogP contribution in [0.3, 0.4) is 0 Å². The van der Waals surface area contributed by atoms with Gasteiger partial charge in [-0.15, -0.1) is 0 Å². The smallest absolute Gasteiger partial charge is 0.336 e. The van der Waals surface area contributed by atoms with Gasteiger partial charge in [-0.3, -0.25) is 4.79 Å². The largest absolute Gasteiger partial charge is 0.442 e. The number of hydrogen-bond acceptors (Lipinski definition) is 4. The number of amides is 1. The first kappa shape index (κ1) is 10.6. The van der Waals surface area contributed by atoms with E-state index in [9.17, 15) is 9.59 Å². The predicted octanol–water partition coefficient (Wildman–Crippen LogP) is -0.830. The van der Waals surface area contributed by atoms with E-state index in [2.05, 4.69) is 16.6 Å². The van der Waals surface area contributed by atoms with Gasteiger partial charge in [0, 0.05) is 0 Å². The van der Waals surface area contributed by atoms with Gasteiger partial charge in [0.1, 0.15) is 6.10 Å². The van der Waals surface area contributed by atoms with Crippen LogP contribution in [0.1, 0.15) is 6.92 Å². The fraction of sp³-hybridized carbons (Fsp3) is 0.429. The first-order valence-corrected chi connectivity index (χ1v) is 3.33. The molecule has 0 fully saturated rings. The van der Waals surface area contributed by atoms with E-state index in [1.54, 1.807) is 0 Å². The molecular weight excluding hydrogens is 162 g/mol. The van der Waals surface area contributed by atoms with Crippen molar-refractivity contribution in [3.05, 3.63) is 12.7 Å². The summed E-state index contributed by atoms with van der Waals surface area (Å²) in [4.78, 5) is 21.0. The number of esters is 1. The summed E-state index contributed by atoms with van der Waals surface area (Å²) in [6, 6.07) is 0. The Labute approximate surface area is 70.0 Å². The van der Waals surface area contributed by atoms with Crippen molar-refractivity contribution in [3.63, 3.8) is 0 Å². The van der Waals surface area contributed by atoms with Gasteiger partial charge in [-0.05, 0) is 13.0 Å². The molecule has 0 aromatic heterocycles. The van der Waals surface area contributed by atoms with Crippen molar-refractivity contribution in [2.75, 3.05) is 6.73 Å². The minimum Gasteiger partial charge on any atom is -0.442 e. The Balaban J connectivity index is 3.50. The number of aliphatic hydroxyl groups excluding tert-OH is 1. The molecule has 0 aromatic rings. The van der Waals surface area contributed by atoms with Crippen LogP contribution in [0, 0.1) is 0 Å². The number of nitrogens with one attached hydrogen (secondary N) is 1. The number of rotatable bonds is 4. The highest BCUT2D eigenvalue weighted by Crippen LogP contribution is 1.84. The Bertz CT molecular complexity index is 188. The Morgan fingerprint density at radius 1 is 1.75 bits per heavy atom. The molecule has 0 spiro atoms. The van der Waals surface area contributed by atoms with E-state index in [1.807, 2.05) is 0 Å². The van der Waals surface area contributed by atoms with E-state index in [0.717, 1.165) is 6.08 Å². The first-order valence-electron chi connectivity index (χ1n) is 3.33. The number of carbonyl (C=O) groups is 2. The zero-order valence-electron chi connectivity index (χ0n) is 6.74. The van der Waals surface area contributed by atoms with Gasteiger partial charge >= 0.3 is 5.97 Å². The summed E-state index contributed by atoms with van der Waals surface area (Å²) in [7, 11) is 0. The molecule has 1 amide bonds. The summed E-state index contributed by atoms with van der Waals surface area (Å²) >= 11 is 0. The monoisotopic (exact) mass is 173 g/mol. The van der Waals surface area contributed by atoms with Crippen LogP contribution >= 0.6 is 0 Å². The summed E-state index contributed by atoms with van der Waals surface area (Å²) in [6.45, 7) is 4.21. The van der Waals surface area contributed by atoms with Crippen LogP contribution in [-0.4, -0.2) is 29.8 Å². The highest BCUT2D eigenvalue weighted by molar-refractivity contribution is 5.86. The lowest BCUT2D eigenvalue weighted by molar-refractivity contribution is -0.153. The zero-order valence-corrected chi connectivity index (χ0v) is 6.74. The van der Waals surface area contributed by atoms with Crippen LogP contribution in [0.2, 0.25) is 0 Å². The lowest BCUT2D eigenvalue weighted by Crippen LogP contribution is -2.29. The molecule has 0 bridgehead atoms. The van der Waals surface area contributed by atoms with Crippen LogP contribution < -0.4 is 5.32 Å². The Morgan fingerprint density at radius 3 is 2.75 bits per heavy atom. The third kappa shape index (κ3) is 4.45. The third-order valence-corrected chi connectivity index (χ3v) is 0.987. The van der Waals surface area contributed by atoms with Gasteiger partial charge in [-0.2, -0.15) is 0 Å². The predicted molar refractivity (Wildman–Crippen MR) is 41.0 cm³/mol. The van der Waals surface area contributed by atoms with Crippen molar-refractivity contribution in [2.45, 2.75) is 13.0 Å². The van der Waals surface area contributed by atoms with Gasteiger partial charge in [-0.1, -0.05) is 6.58 Å². The second-order valence-corrected chi connectivity index (χ2v) is 2.03. The van der Waals surface area contributed by atoms with Crippen LogP contribution in [0.25, 0.3) is 0 Å². The molecule has 0 rings (SSSR count). The minimum atomic E-state index is -1.18. The molecule has 0 aliphatic rings. The highest BCUT2D eigenvalue weighted by Gasteiger charge is 2.09. The minimum absolute atomic E-state index is 0.255. The molecule has 12 heavy (non-hydrogen) atoms. The van der Waals surface area contributed by atoms with Crippen LogP contribution in [-0.2, 0) is 14.3 Å². The number of aliphatic hydroxyl groups is 1. The molecule has 0 aliphatic heterocycles. The summed E-state index contributed by atoms with van der Waals surface area (Å²) < 4.78 is 4.41. The maximum atomic E-state index is 10.6. The van der Waals surface area contributed by atoms with Gasteiger partial charge in [0.2, 0.25) is 5.91 Å². The zero-order chi connectivity index (χ0) is 9.56. The first-order chi connectivity index (χ1) is 5.57. The Morgan fingerprint density at radius 2 is 2.33 bits per heavy atom. The topological polar surface area (TPSA) is 75.6 Å². The molecule has 0 saturated carbocycles. The van der Waals surface area contributed by atoms with Crippen LogP contribution in [0.5, 0.6) is 0 Å². The lowest BCUT2D eigenvalue weighted by atomic mass is 10.4. The molecular formula is C7H11NO4. The van der Waals surface area contributed by atoms with Crippen molar-refractivity contribution in [3.8, 4) is 0 Å². The molecule has 5 nitrogen and oxygen atoms in total. The SMILES string of the molecule is C=CC(=O)NCOC(=O)C(C)O. The van der Waals surface area contributed by atoms with Gasteiger partial charge in [0.05, 0.1) is 0 Å². The molecule has 1 unspecified atom stereocenters. The molecule has 0 aromatic carbocycles. The fourth-order valence-electron chi connectivity index (χ4n) is 0.371. The molecule has 0 saturated heterocycles. The quantitative estimate of drug-likeness (QED) is 0.330. The number of hydrogen-bond donors (Lipinski definition) is 2. The summed E-state index contributed by atoms with van der Waals surface area (Å²) in [5.41, 5.74) is 0. The molecule has 2 N–H and O–H groups in total. The van der Waals surface area contributed by atoms with E-state index < -0.39 is 18.0 Å². The fourth-order valence-corrected chi connectivity index (χ4v) is 0.371. The molecule has 68 valence electrons. The van der Waals surface area contributed by atoms with E-state index >= 15 is 0 Å². The van der Waals surface area contributed by atoms with Gasteiger partial charge in [0.25, 0.3) is 0 Å². The molecule has 0 radical (unpaired) electrons. The van der Waals surface area contributed by atoms with Crippen LogP contribution in [0.4, 0.5) is 0 Å². The molecule has 1 atom stereocenters. The number of ether oxygens (including phenoxy) is 1. The molecule has 0 aliphatic carbocycles. The Hall–Kier alpha value is -1.36. The Kier molecular flexibility index (Phi) is 4.71. The summed E-state index contributed by atoms with van der Waals surface area (Å²) in [6.07, 6.45) is -0.124. The second-order valence-electron chi connectivity index (χ2n) is 2.03. The van der Waals surface area contributed by atoms with E-state index in [-0.39, 0.29) is 6.73 Å². The van der Waals surface area contributed by atoms with E-state index in [0.29, 0.717) is 0 Å². The standard InChI is InChI=1S/C7H11NO4/c1-3-6(10)8-4-12-7(11)5(2)9/h3,5,9H,1,4H2,2H3,(H,8,10). The average molecular weight is 173 g/mol. The van der Waals surface area contributed by atoms with Crippen molar-refractivity contribution in [1.82, 2.24) is 5.32 Å². The maximum absolute atomic E-state index is 10.6. The van der Waals surface area contributed by atoms with Crippen molar-refractivity contribution >= 4 is 11.9 Å². The average Bonchev–Trinajstić information content (AvgIpc) is 2.03. The third-order valence-electron chi connectivity index (χ3n) is 0.987.